The summed E-state index contributed by atoms with van der Waals surface area (Å²) in [6.45, 7) is 0. The number of ether oxygens (including phenoxy) is 2. The molecule has 20 heavy (non-hydrogen) atoms. The number of aliphatic hydroxyl groups is 1. The van der Waals surface area contributed by atoms with Crippen LogP contribution in [0.1, 0.15) is 30.9 Å². The van der Waals surface area contributed by atoms with Gasteiger partial charge in [-0.3, -0.25) is 0 Å². The Balaban J connectivity index is 0.00000200. The molecule has 1 saturated carbocycles. The summed E-state index contributed by atoms with van der Waals surface area (Å²) in [6.07, 6.45) is 2.74. The van der Waals surface area contributed by atoms with E-state index in [1.165, 1.54) is 6.42 Å². The van der Waals surface area contributed by atoms with Crippen LogP contribution in [0, 0.1) is 5.92 Å². The van der Waals surface area contributed by atoms with Crippen LogP contribution >= 0.6 is 28.3 Å². The summed E-state index contributed by atoms with van der Waals surface area (Å²) < 4.78 is 11.4. The van der Waals surface area contributed by atoms with E-state index in [-0.39, 0.29) is 12.4 Å². The number of halogens is 2. The van der Waals surface area contributed by atoms with E-state index in [2.05, 4.69) is 15.9 Å². The molecule has 0 spiro atoms. The summed E-state index contributed by atoms with van der Waals surface area (Å²) in [7, 11) is 3.20. The van der Waals surface area contributed by atoms with E-state index in [1.807, 2.05) is 12.1 Å². The summed E-state index contributed by atoms with van der Waals surface area (Å²) >= 11 is 3.41. The molecule has 1 fully saturated rings. The minimum atomic E-state index is -0.534. The van der Waals surface area contributed by atoms with Gasteiger partial charge in [0.05, 0.1) is 30.8 Å². The Morgan fingerprint density at radius 2 is 1.85 bits per heavy atom. The number of benzene rings is 1. The van der Waals surface area contributed by atoms with Gasteiger partial charge in [0.25, 0.3) is 0 Å². The Labute approximate surface area is 134 Å². The van der Waals surface area contributed by atoms with Crippen molar-refractivity contribution in [2.24, 2.45) is 11.7 Å². The highest BCUT2D eigenvalue weighted by molar-refractivity contribution is 9.10. The van der Waals surface area contributed by atoms with E-state index < -0.39 is 12.1 Å². The third kappa shape index (κ3) is 3.39. The Morgan fingerprint density at radius 3 is 2.30 bits per heavy atom. The zero-order chi connectivity index (χ0) is 14.0. The molecule has 0 radical (unpaired) electrons. The first-order chi connectivity index (χ1) is 9.08. The highest BCUT2D eigenvalue weighted by Gasteiger charge is 2.32. The lowest BCUT2D eigenvalue weighted by Crippen LogP contribution is -2.36. The topological polar surface area (TPSA) is 64.7 Å². The number of nitrogens with two attached hydrogens (primary N) is 1. The highest BCUT2D eigenvalue weighted by atomic mass is 79.9. The molecule has 0 aliphatic heterocycles. The van der Waals surface area contributed by atoms with Crippen molar-refractivity contribution < 1.29 is 14.6 Å². The van der Waals surface area contributed by atoms with E-state index in [0.29, 0.717) is 17.4 Å². The molecule has 0 saturated heterocycles. The predicted molar refractivity (Wildman–Crippen MR) is 84.8 cm³/mol. The molecule has 0 heterocycles. The number of aliphatic hydroxyl groups excluding tert-OH is 1. The fraction of sp³-hybridized carbons (Fsp3) is 0.571. The molecule has 6 heteroatoms. The van der Waals surface area contributed by atoms with Crippen molar-refractivity contribution in [1.29, 1.82) is 0 Å². The third-order valence-corrected chi connectivity index (χ3v) is 4.48. The standard InChI is InChI=1S/C14H20BrNO3.ClH/c1-18-11-7-10(15)12(19-2)6-9(11)13(16)14(17)8-4-3-5-8;/h6-8,13-14,17H,3-5,16H2,1-2H3;1H/t13-,14+;/m1./s1. The molecular formula is C14H21BrClNO3. The first kappa shape index (κ1) is 17.6. The van der Waals surface area contributed by atoms with Gasteiger partial charge in [0, 0.05) is 5.56 Å². The van der Waals surface area contributed by atoms with Gasteiger partial charge in [0.1, 0.15) is 11.5 Å². The molecule has 2 rings (SSSR count). The average Bonchev–Trinajstić information content (AvgIpc) is 2.35. The zero-order valence-electron chi connectivity index (χ0n) is 11.6. The number of rotatable bonds is 5. The lowest BCUT2D eigenvalue weighted by atomic mass is 9.77. The van der Waals surface area contributed by atoms with Crippen LogP contribution in [0.15, 0.2) is 16.6 Å². The molecule has 1 aromatic carbocycles. The smallest absolute Gasteiger partial charge is 0.133 e. The molecule has 114 valence electrons. The maximum absolute atomic E-state index is 10.3. The monoisotopic (exact) mass is 365 g/mol. The maximum Gasteiger partial charge on any atom is 0.133 e. The van der Waals surface area contributed by atoms with Crippen LogP contribution < -0.4 is 15.2 Å². The van der Waals surface area contributed by atoms with Gasteiger partial charge in [-0.25, -0.2) is 0 Å². The highest BCUT2D eigenvalue weighted by Crippen LogP contribution is 2.40. The van der Waals surface area contributed by atoms with Crippen molar-refractivity contribution in [2.75, 3.05) is 14.2 Å². The fourth-order valence-corrected chi connectivity index (χ4v) is 2.89. The van der Waals surface area contributed by atoms with Crippen LogP contribution in [0.4, 0.5) is 0 Å². The number of hydrogen-bond donors (Lipinski definition) is 2. The first-order valence-electron chi connectivity index (χ1n) is 6.43. The van der Waals surface area contributed by atoms with Crippen LogP contribution in [0.25, 0.3) is 0 Å². The Hall–Kier alpha value is -0.490. The van der Waals surface area contributed by atoms with Crippen LogP contribution in [0.3, 0.4) is 0 Å². The molecule has 0 bridgehead atoms. The second-order valence-electron chi connectivity index (χ2n) is 4.94. The van der Waals surface area contributed by atoms with Crippen molar-refractivity contribution in [3.8, 4) is 11.5 Å². The van der Waals surface area contributed by atoms with E-state index in [9.17, 15) is 5.11 Å². The minimum absolute atomic E-state index is 0. The normalized spacial score (nSPS) is 17.6. The Bertz CT molecular complexity index is 454. The lowest BCUT2D eigenvalue weighted by Gasteiger charge is -2.34. The van der Waals surface area contributed by atoms with Gasteiger partial charge in [-0.05, 0) is 46.8 Å². The molecule has 3 N–H and O–H groups in total. The van der Waals surface area contributed by atoms with Crippen LogP contribution in [-0.2, 0) is 0 Å². The molecule has 0 aromatic heterocycles. The largest absolute Gasteiger partial charge is 0.496 e. The van der Waals surface area contributed by atoms with Gasteiger partial charge in [-0.15, -0.1) is 12.4 Å². The lowest BCUT2D eigenvalue weighted by molar-refractivity contribution is 0.0407. The minimum Gasteiger partial charge on any atom is -0.496 e. The molecule has 1 aliphatic carbocycles. The van der Waals surface area contributed by atoms with Gasteiger partial charge in [-0.1, -0.05) is 6.42 Å². The van der Waals surface area contributed by atoms with Crippen molar-refractivity contribution in [1.82, 2.24) is 0 Å². The van der Waals surface area contributed by atoms with Crippen molar-refractivity contribution in [3.63, 3.8) is 0 Å². The van der Waals surface area contributed by atoms with Crippen molar-refractivity contribution in [2.45, 2.75) is 31.4 Å². The molecule has 2 atom stereocenters. The van der Waals surface area contributed by atoms with Gasteiger partial charge < -0.3 is 20.3 Å². The summed E-state index contributed by atoms with van der Waals surface area (Å²) in [5.41, 5.74) is 6.98. The third-order valence-electron chi connectivity index (χ3n) is 3.86. The van der Waals surface area contributed by atoms with Crippen LogP contribution in [-0.4, -0.2) is 25.4 Å². The summed E-state index contributed by atoms with van der Waals surface area (Å²) in [5.74, 6) is 1.65. The van der Waals surface area contributed by atoms with Crippen LogP contribution in [0.2, 0.25) is 0 Å². The Morgan fingerprint density at radius 1 is 1.25 bits per heavy atom. The molecular weight excluding hydrogens is 346 g/mol. The van der Waals surface area contributed by atoms with E-state index in [0.717, 1.165) is 22.9 Å². The summed E-state index contributed by atoms with van der Waals surface area (Å²) in [4.78, 5) is 0. The van der Waals surface area contributed by atoms with E-state index in [1.54, 1.807) is 14.2 Å². The van der Waals surface area contributed by atoms with Gasteiger partial charge in [0.2, 0.25) is 0 Å². The fourth-order valence-electron chi connectivity index (χ4n) is 2.40. The average molecular weight is 367 g/mol. The summed E-state index contributed by atoms with van der Waals surface area (Å²) in [5, 5.41) is 10.3. The van der Waals surface area contributed by atoms with Gasteiger partial charge in [0.15, 0.2) is 0 Å². The van der Waals surface area contributed by atoms with Crippen molar-refractivity contribution >= 4 is 28.3 Å². The molecule has 0 unspecified atom stereocenters. The molecule has 1 aliphatic rings. The van der Waals surface area contributed by atoms with Gasteiger partial charge >= 0.3 is 0 Å². The SMILES string of the molecule is COc1cc([C@@H](N)[C@@H](O)C2CCC2)c(OC)cc1Br.Cl. The Kier molecular flexibility index (Phi) is 6.58. The van der Waals surface area contributed by atoms with E-state index >= 15 is 0 Å². The van der Waals surface area contributed by atoms with Crippen LogP contribution in [0.5, 0.6) is 11.5 Å². The molecule has 4 nitrogen and oxygen atoms in total. The molecule has 0 amide bonds. The number of hydrogen-bond acceptors (Lipinski definition) is 4. The predicted octanol–water partition coefficient (Wildman–Crippen LogP) is 3.05. The quantitative estimate of drug-likeness (QED) is 0.840. The summed E-state index contributed by atoms with van der Waals surface area (Å²) in [6, 6.07) is 3.19. The van der Waals surface area contributed by atoms with Gasteiger partial charge in [-0.2, -0.15) is 0 Å². The first-order valence-corrected chi connectivity index (χ1v) is 7.22. The molecule has 1 aromatic rings. The number of methoxy groups -OCH3 is 2. The second-order valence-corrected chi connectivity index (χ2v) is 5.79. The second kappa shape index (κ2) is 7.50. The van der Waals surface area contributed by atoms with E-state index in [4.69, 9.17) is 15.2 Å². The van der Waals surface area contributed by atoms with Crippen molar-refractivity contribution in [3.05, 3.63) is 22.2 Å². The maximum atomic E-state index is 10.3. The zero-order valence-corrected chi connectivity index (χ0v) is 14.0.